The Kier molecular flexibility index (Phi) is 5.70. The summed E-state index contributed by atoms with van der Waals surface area (Å²) in [7, 11) is 0. The van der Waals surface area contributed by atoms with Crippen LogP contribution in [0.15, 0.2) is 4.99 Å². The van der Waals surface area contributed by atoms with E-state index in [9.17, 15) is 0 Å². The summed E-state index contributed by atoms with van der Waals surface area (Å²) in [5, 5.41) is 4.81. The summed E-state index contributed by atoms with van der Waals surface area (Å²) in [5.41, 5.74) is 0.277. The number of aliphatic imine (C=N–C) groups is 1. The highest BCUT2D eigenvalue weighted by atomic mass is 32.2. The van der Waals surface area contributed by atoms with Gasteiger partial charge in [0.2, 0.25) is 0 Å². The standard InChI is InChI=1S/C13H24N2OS2/c1-3-17-9-4-11(2)14-12-15-13(10-18-12)5-7-16-8-6-13/h11H,3-10H2,1-2H3,(H,14,15). The van der Waals surface area contributed by atoms with Gasteiger partial charge in [-0.3, -0.25) is 4.99 Å². The van der Waals surface area contributed by atoms with Crippen LogP contribution in [0.1, 0.15) is 33.1 Å². The lowest BCUT2D eigenvalue weighted by molar-refractivity contribution is 0.0555. The molecule has 0 bridgehead atoms. The Bertz CT molecular complexity index is 291. The Morgan fingerprint density at radius 2 is 2.28 bits per heavy atom. The molecule has 5 heteroatoms. The molecule has 1 N–H and O–H groups in total. The highest BCUT2D eigenvalue weighted by molar-refractivity contribution is 8.14. The molecule has 104 valence electrons. The third-order valence-corrected chi connectivity index (χ3v) is 5.64. The normalized spacial score (nSPS) is 26.4. The number of rotatable bonds is 5. The van der Waals surface area contributed by atoms with Crippen molar-refractivity contribution in [2.24, 2.45) is 4.99 Å². The predicted molar refractivity (Wildman–Crippen MR) is 82.9 cm³/mol. The van der Waals surface area contributed by atoms with E-state index in [1.807, 2.05) is 23.5 Å². The Hall–Kier alpha value is 0.130. The molecular formula is C13H24N2OS2. The van der Waals surface area contributed by atoms with Crippen LogP contribution in [0, 0.1) is 0 Å². The average Bonchev–Trinajstić information content (AvgIpc) is 2.73. The van der Waals surface area contributed by atoms with Crippen LogP contribution in [0.25, 0.3) is 0 Å². The minimum atomic E-state index is 0.277. The monoisotopic (exact) mass is 288 g/mol. The zero-order valence-electron chi connectivity index (χ0n) is 11.4. The van der Waals surface area contributed by atoms with Gasteiger partial charge in [0.05, 0.1) is 11.6 Å². The van der Waals surface area contributed by atoms with Crippen molar-refractivity contribution < 1.29 is 4.74 Å². The van der Waals surface area contributed by atoms with Crippen LogP contribution in [-0.2, 0) is 4.74 Å². The minimum Gasteiger partial charge on any atom is -0.381 e. The number of nitrogens with one attached hydrogen (secondary N) is 1. The molecule has 0 aromatic carbocycles. The number of hydrogen-bond donors (Lipinski definition) is 1. The van der Waals surface area contributed by atoms with Gasteiger partial charge in [-0.05, 0) is 37.7 Å². The van der Waals surface area contributed by atoms with Gasteiger partial charge in [-0.2, -0.15) is 11.8 Å². The van der Waals surface area contributed by atoms with Gasteiger partial charge >= 0.3 is 0 Å². The van der Waals surface area contributed by atoms with Crippen molar-refractivity contribution in [1.29, 1.82) is 0 Å². The molecule has 0 saturated carbocycles. The van der Waals surface area contributed by atoms with Gasteiger partial charge in [0.1, 0.15) is 0 Å². The van der Waals surface area contributed by atoms with E-state index in [2.05, 4.69) is 19.2 Å². The summed E-state index contributed by atoms with van der Waals surface area (Å²) in [4.78, 5) is 4.81. The molecule has 0 aromatic heterocycles. The third-order valence-electron chi connectivity index (χ3n) is 3.53. The number of amidine groups is 1. The van der Waals surface area contributed by atoms with E-state index in [1.165, 1.54) is 17.9 Å². The fraction of sp³-hybridized carbons (Fsp3) is 0.923. The van der Waals surface area contributed by atoms with Crippen LogP contribution < -0.4 is 5.32 Å². The van der Waals surface area contributed by atoms with Crippen molar-refractivity contribution in [2.75, 3.05) is 30.5 Å². The van der Waals surface area contributed by atoms with Crippen LogP contribution in [0.4, 0.5) is 0 Å². The van der Waals surface area contributed by atoms with Gasteiger partial charge in [0.25, 0.3) is 0 Å². The number of nitrogens with zero attached hydrogens (tertiary/aromatic N) is 1. The molecule has 2 aliphatic heterocycles. The second-order valence-corrected chi connectivity index (χ2v) is 7.43. The second-order valence-electron chi connectivity index (χ2n) is 5.08. The highest BCUT2D eigenvalue weighted by Gasteiger charge is 2.38. The first kappa shape index (κ1) is 14.5. The maximum absolute atomic E-state index is 5.45. The van der Waals surface area contributed by atoms with Crippen LogP contribution in [0.5, 0.6) is 0 Å². The molecule has 1 unspecified atom stereocenters. The summed E-state index contributed by atoms with van der Waals surface area (Å²) in [6, 6.07) is 0.439. The number of ether oxygens (including phenoxy) is 1. The van der Waals surface area contributed by atoms with Crippen molar-refractivity contribution in [3.05, 3.63) is 0 Å². The van der Waals surface area contributed by atoms with Gasteiger partial charge < -0.3 is 10.1 Å². The molecule has 0 amide bonds. The van der Waals surface area contributed by atoms with Gasteiger partial charge in [-0.25, -0.2) is 0 Å². The lowest BCUT2D eigenvalue weighted by Crippen LogP contribution is -2.48. The van der Waals surface area contributed by atoms with Gasteiger partial charge in [-0.15, -0.1) is 0 Å². The van der Waals surface area contributed by atoms with E-state index >= 15 is 0 Å². The zero-order chi connectivity index (χ0) is 12.8. The summed E-state index contributed by atoms with van der Waals surface area (Å²) >= 11 is 3.89. The fourth-order valence-corrected chi connectivity index (χ4v) is 4.38. The first-order valence-electron chi connectivity index (χ1n) is 6.88. The molecule has 0 aliphatic carbocycles. The molecule has 0 radical (unpaired) electrons. The smallest absolute Gasteiger partial charge is 0.157 e. The van der Waals surface area contributed by atoms with Gasteiger partial charge in [0.15, 0.2) is 5.17 Å². The molecule has 1 spiro atoms. The van der Waals surface area contributed by atoms with E-state index in [1.54, 1.807) is 0 Å². The van der Waals surface area contributed by atoms with Crippen molar-refractivity contribution >= 4 is 28.7 Å². The van der Waals surface area contributed by atoms with Crippen molar-refractivity contribution in [2.45, 2.75) is 44.7 Å². The largest absolute Gasteiger partial charge is 0.381 e. The number of thioether (sulfide) groups is 2. The first-order chi connectivity index (χ1) is 8.74. The van der Waals surface area contributed by atoms with E-state index in [-0.39, 0.29) is 5.54 Å². The quantitative estimate of drug-likeness (QED) is 0.789. The Labute approximate surface area is 119 Å². The Morgan fingerprint density at radius 3 is 3.00 bits per heavy atom. The topological polar surface area (TPSA) is 33.6 Å². The summed E-state index contributed by atoms with van der Waals surface area (Å²) < 4.78 is 5.45. The first-order valence-corrected chi connectivity index (χ1v) is 9.02. The van der Waals surface area contributed by atoms with Crippen LogP contribution in [0.3, 0.4) is 0 Å². The maximum Gasteiger partial charge on any atom is 0.157 e. The van der Waals surface area contributed by atoms with E-state index in [0.29, 0.717) is 6.04 Å². The molecule has 2 heterocycles. The second kappa shape index (κ2) is 7.06. The van der Waals surface area contributed by atoms with Gasteiger partial charge in [-0.1, -0.05) is 18.7 Å². The SMILES string of the molecule is CCSCCC(C)N=C1NC2(CCOCC2)CS1. The number of hydrogen-bond acceptors (Lipinski definition) is 4. The van der Waals surface area contributed by atoms with Crippen LogP contribution in [0.2, 0.25) is 0 Å². The molecule has 1 atom stereocenters. The Morgan fingerprint density at radius 1 is 1.50 bits per heavy atom. The molecule has 2 saturated heterocycles. The zero-order valence-corrected chi connectivity index (χ0v) is 13.0. The lowest BCUT2D eigenvalue weighted by atomic mass is 9.93. The fourth-order valence-electron chi connectivity index (χ4n) is 2.27. The van der Waals surface area contributed by atoms with E-state index in [4.69, 9.17) is 9.73 Å². The summed E-state index contributed by atoms with van der Waals surface area (Å²) in [6.07, 6.45) is 3.43. The van der Waals surface area contributed by atoms with E-state index < -0.39 is 0 Å². The van der Waals surface area contributed by atoms with Crippen LogP contribution >= 0.6 is 23.5 Å². The van der Waals surface area contributed by atoms with Crippen molar-refractivity contribution in [3.8, 4) is 0 Å². The molecule has 2 aliphatic rings. The molecule has 3 nitrogen and oxygen atoms in total. The molecule has 2 rings (SSSR count). The maximum atomic E-state index is 5.45. The Balaban J connectivity index is 1.80. The molecule has 18 heavy (non-hydrogen) atoms. The highest BCUT2D eigenvalue weighted by Crippen LogP contribution is 2.32. The molecular weight excluding hydrogens is 264 g/mol. The minimum absolute atomic E-state index is 0.277. The third kappa shape index (κ3) is 4.07. The summed E-state index contributed by atoms with van der Waals surface area (Å²) in [6.45, 7) is 6.22. The van der Waals surface area contributed by atoms with E-state index in [0.717, 1.165) is 37.0 Å². The van der Waals surface area contributed by atoms with Crippen molar-refractivity contribution in [3.63, 3.8) is 0 Å². The predicted octanol–water partition coefficient (Wildman–Crippen LogP) is 2.76. The molecule has 0 aromatic rings. The lowest BCUT2D eigenvalue weighted by Gasteiger charge is -2.32. The van der Waals surface area contributed by atoms with Crippen LogP contribution in [-0.4, -0.2) is 47.2 Å². The molecule has 2 fully saturated rings. The average molecular weight is 288 g/mol. The van der Waals surface area contributed by atoms with Crippen molar-refractivity contribution in [1.82, 2.24) is 5.32 Å². The van der Waals surface area contributed by atoms with Gasteiger partial charge in [0, 0.05) is 19.0 Å². The summed E-state index contributed by atoms with van der Waals surface area (Å²) in [5.74, 6) is 3.59.